The number of carbonyl (C=O) groups is 1. The molecule has 0 spiro atoms. The van der Waals surface area contributed by atoms with Crippen molar-refractivity contribution in [3.05, 3.63) is 53.2 Å². The Hall–Kier alpha value is -2.61. The summed E-state index contributed by atoms with van der Waals surface area (Å²) in [6, 6.07) is 8.58. The number of ether oxygens (including phenoxy) is 1. The van der Waals surface area contributed by atoms with Gasteiger partial charge in [-0.05, 0) is 42.7 Å². The summed E-state index contributed by atoms with van der Waals surface area (Å²) in [5.41, 5.74) is 5.07. The minimum atomic E-state index is -4.60. The molecular weight excluding hydrogens is 347 g/mol. The molecule has 26 heavy (non-hydrogen) atoms. The Labute approximate surface area is 148 Å². The molecule has 1 amide bonds. The summed E-state index contributed by atoms with van der Waals surface area (Å²) >= 11 is 0. The molecule has 0 bridgehead atoms. The van der Waals surface area contributed by atoms with E-state index in [9.17, 15) is 18.0 Å². The van der Waals surface area contributed by atoms with E-state index in [2.05, 4.69) is 4.98 Å². The maximum atomic E-state index is 13.0. The van der Waals surface area contributed by atoms with E-state index in [4.69, 9.17) is 10.5 Å². The molecular formula is C18H18F3N3O2. The molecule has 0 atom stereocenters. The normalized spacial score (nSPS) is 14.5. The molecule has 138 valence electrons. The molecule has 3 rings (SSSR count). The molecule has 1 aromatic heterocycles. The third-order valence-corrected chi connectivity index (χ3v) is 4.08. The summed E-state index contributed by atoms with van der Waals surface area (Å²) in [6.07, 6.45) is -2.66. The van der Waals surface area contributed by atoms with E-state index in [0.717, 1.165) is 18.9 Å². The fourth-order valence-electron chi connectivity index (χ4n) is 2.79. The van der Waals surface area contributed by atoms with Crippen LogP contribution in [0.25, 0.3) is 0 Å². The van der Waals surface area contributed by atoms with Gasteiger partial charge in [-0.3, -0.25) is 4.79 Å². The summed E-state index contributed by atoms with van der Waals surface area (Å²) in [7, 11) is 0. The number of carbonyl (C=O) groups excluding carboxylic acids is 1. The largest absolute Gasteiger partial charge is 0.439 e. The lowest BCUT2D eigenvalue weighted by Gasteiger charge is -2.16. The van der Waals surface area contributed by atoms with Gasteiger partial charge in [-0.1, -0.05) is 6.07 Å². The molecule has 5 nitrogen and oxygen atoms in total. The van der Waals surface area contributed by atoms with Gasteiger partial charge in [0.25, 0.3) is 5.91 Å². The Bertz CT molecular complexity index is 803. The molecule has 2 N–H and O–H groups in total. The number of likely N-dealkylation sites (tertiary alicyclic amines) is 1. The van der Waals surface area contributed by atoms with Gasteiger partial charge in [0.1, 0.15) is 11.4 Å². The van der Waals surface area contributed by atoms with Gasteiger partial charge < -0.3 is 15.4 Å². The van der Waals surface area contributed by atoms with E-state index in [1.165, 1.54) is 12.1 Å². The van der Waals surface area contributed by atoms with Crippen LogP contribution in [-0.2, 0) is 12.7 Å². The summed E-state index contributed by atoms with van der Waals surface area (Å²) in [6.45, 7) is 1.34. The van der Waals surface area contributed by atoms with Crippen molar-refractivity contribution in [1.82, 2.24) is 9.88 Å². The first-order chi connectivity index (χ1) is 12.4. The van der Waals surface area contributed by atoms with Crippen LogP contribution >= 0.6 is 0 Å². The Kier molecular flexibility index (Phi) is 5.13. The SMILES string of the molecule is NCc1cc(Oc2cccc(C(=O)N3CCCC3)c2)nc(C(F)(F)F)c1. The highest BCUT2D eigenvalue weighted by Crippen LogP contribution is 2.31. The fraction of sp³-hybridized carbons (Fsp3) is 0.333. The standard InChI is InChI=1S/C18H18F3N3O2/c19-18(20,21)15-8-12(11-22)9-16(23-15)26-14-5-3-4-13(10-14)17(25)24-6-1-2-7-24/h3-5,8-10H,1-2,6-7,11,22H2. The van der Waals surface area contributed by atoms with Crippen LogP contribution in [-0.4, -0.2) is 28.9 Å². The molecule has 0 unspecified atom stereocenters. The Morgan fingerprint density at radius 3 is 2.58 bits per heavy atom. The van der Waals surface area contributed by atoms with Crippen LogP contribution in [0.4, 0.5) is 13.2 Å². The van der Waals surface area contributed by atoms with Crippen molar-refractivity contribution in [2.45, 2.75) is 25.6 Å². The van der Waals surface area contributed by atoms with E-state index in [1.807, 2.05) is 0 Å². The predicted octanol–water partition coefficient (Wildman–Crippen LogP) is 3.59. The van der Waals surface area contributed by atoms with Gasteiger partial charge in [0.2, 0.25) is 5.88 Å². The number of amides is 1. The molecule has 8 heteroatoms. The van der Waals surface area contributed by atoms with Crippen molar-refractivity contribution >= 4 is 5.91 Å². The molecule has 2 aromatic rings. The number of hydrogen-bond donors (Lipinski definition) is 1. The monoisotopic (exact) mass is 365 g/mol. The van der Waals surface area contributed by atoms with Gasteiger partial charge in [-0.25, -0.2) is 4.98 Å². The fourth-order valence-corrected chi connectivity index (χ4v) is 2.79. The minimum absolute atomic E-state index is 0.0740. The number of rotatable bonds is 4. The van der Waals surface area contributed by atoms with Crippen molar-refractivity contribution in [2.75, 3.05) is 13.1 Å². The zero-order chi connectivity index (χ0) is 18.7. The molecule has 1 fully saturated rings. The maximum absolute atomic E-state index is 13.0. The zero-order valence-electron chi connectivity index (χ0n) is 13.9. The lowest BCUT2D eigenvalue weighted by molar-refractivity contribution is -0.141. The topological polar surface area (TPSA) is 68.5 Å². The lowest BCUT2D eigenvalue weighted by atomic mass is 10.2. The highest BCUT2D eigenvalue weighted by atomic mass is 19.4. The molecule has 0 radical (unpaired) electrons. The highest BCUT2D eigenvalue weighted by molar-refractivity contribution is 5.94. The van der Waals surface area contributed by atoms with Gasteiger partial charge in [0.05, 0.1) is 0 Å². The maximum Gasteiger partial charge on any atom is 0.433 e. The van der Waals surface area contributed by atoms with Gasteiger partial charge in [-0.2, -0.15) is 13.2 Å². The Morgan fingerprint density at radius 1 is 1.19 bits per heavy atom. The van der Waals surface area contributed by atoms with Gasteiger partial charge in [0.15, 0.2) is 0 Å². The first kappa shape index (κ1) is 18.2. The van der Waals surface area contributed by atoms with Crippen LogP contribution in [0.15, 0.2) is 36.4 Å². The molecule has 1 aliphatic heterocycles. The van der Waals surface area contributed by atoms with E-state index in [0.29, 0.717) is 18.7 Å². The lowest BCUT2D eigenvalue weighted by Crippen LogP contribution is -2.27. The van der Waals surface area contributed by atoms with Crippen molar-refractivity contribution in [2.24, 2.45) is 5.73 Å². The van der Waals surface area contributed by atoms with Crippen molar-refractivity contribution in [3.8, 4) is 11.6 Å². The molecule has 2 heterocycles. The molecule has 1 aliphatic rings. The van der Waals surface area contributed by atoms with Crippen LogP contribution < -0.4 is 10.5 Å². The number of pyridine rings is 1. The highest BCUT2D eigenvalue weighted by Gasteiger charge is 2.33. The van der Waals surface area contributed by atoms with Gasteiger partial charge >= 0.3 is 6.18 Å². The van der Waals surface area contributed by atoms with Crippen LogP contribution in [0.2, 0.25) is 0 Å². The second-order valence-corrected chi connectivity index (χ2v) is 6.03. The smallest absolute Gasteiger partial charge is 0.433 e. The number of alkyl halides is 3. The molecule has 1 aromatic carbocycles. The van der Waals surface area contributed by atoms with Crippen molar-refractivity contribution in [1.29, 1.82) is 0 Å². The first-order valence-corrected chi connectivity index (χ1v) is 8.22. The third-order valence-electron chi connectivity index (χ3n) is 4.08. The van der Waals surface area contributed by atoms with Crippen molar-refractivity contribution in [3.63, 3.8) is 0 Å². The number of benzene rings is 1. The zero-order valence-corrected chi connectivity index (χ0v) is 13.9. The number of halogens is 3. The van der Waals surface area contributed by atoms with Crippen LogP contribution in [0.5, 0.6) is 11.6 Å². The van der Waals surface area contributed by atoms with Crippen LogP contribution in [0, 0.1) is 0 Å². The second-order valence-electron chi connectivity index (χ2n) is 6.03. The van der Waals surface area contributed by atoms with Gasteiger partial charge in [-0.15, -0.1) is 0 Å². The summed E-state index contributed by atoms with van der Waals surface area (Å²) in [4.78, 5) is 17.7. The van der Waals surface area contributed by atoms with Gasteiger partial charge in [0, 0.05) is 31.3 Å². The number of hydrogen-bond acceptors (Lipinski definition) is 4. The molecule has 0 aliphatic carbocycles. The number of nitrogens with two attached hydrogens (primary N) is 1. The Balaban J connectivity index is 1.85. The average molecular weight is 365 g/mol. The molecule has 0 saturated carbocycles. The van der Waals surface area contributed by atoms with Crippen molar-refractivity contribution < 1.29 is 22.7 Å². The number of aromatic nitrogens is 1. The Morgan fingerprint density at radius 2 is 1.92 bits per heavy atom. The van der Waals surface area contributed by atoms with Crippen LogP contribution in [0.1, 0.15) is 34.5 Å². The predicted molar refractivity (Wildman–Crippen MR) is 88.8 cm³/mol. The number of nitrogens with zero attached hydrogens (tertiary/aromatic N) is 2. The van der Waals surface area contributed by atoms with E-state index < -0.39 is 11.9 Å². The minimum Gasteiger partial charge on any atom is -0.439 e. The first-order valence-electron chi connectivity index (χ1n) is 8.22. The van der Waals surface area contributed by atoms with Crippen LogP contribution in [0.3, 0.4) is 0 Å². The van der Waals surface area contributed by atoms with E-state index in [-0.39, 0.29) is 29.6 Å². The average Bonchev–Trinajstić information content (AvgIpc) is 3.15. The summed E-state index contributed by atoms with van der Waals surface area (Å²) in [5, 5.41) is 0. The second kappa shape index (κ2) is 7.33. The van der Waals surface area contributed by atoms with E-state index >= 15 is 0 Å². The van der Waals surface area contributed by atoms with E-state index in [1.54, 1.807) is 23.1 Å². The summed E-state index contributed by atoms with van der Waals surface area (Å²) < 4.78 is 44.3. The third kappa shape index (κ3) is 4.13. The summed E-state index contributed by atoms with van der Waals surface area (Å²) in [5.74, 6) is -0.0940. The quantitative estimate of drug-likeness (QED) is 0.899. The molecule has 1 saturated heterocycles.